The quantitative estimate of drug-likeness (QED) is 0.457. The summed E-state index contributed by atoms with van der Waals surface area (Å²) in [6, 6.07) is 15.3. The molecule has 34 heavy (non-hydrogen) atoms. The van der Waals surface area contributed by atoms with Gasteiger partial charge in [-0.15, -0.1) is 0 Å². The van der Waals surface area contributed by atoms with Gasteiger partial charge < -0.3 is 20.9 Å². The molecular weight excluding hydrogens is 436 g/mol. The lowest BCUT2D eigenvalue weighted by Gasteiger charge is -2.12. The van der Waals surface area contributed by atoms with E-state index in [0.717, 1.165) is 0 Å². The topological polar surface area (TPSA) is 117 Å². The number of para-hydroxylation sites is 2. The van der Waals surface area contributed by atoms with Crippen LogP contribution in [0.15, 0.2) is 59.4 Å². The van der Waals surface area contributed by atoms with Gasteiger partial charge in [0.05, 0.1) is 22.6 Å². The zero-order chi connectivity index (χ0) is 24.8. The Labute approximate surface area is 197 Å². The predicted octanol–water partition coefficient (Wildman–Crippen LogP) is 1.35. The summed E-state index contributed by atoms with van der Waals surface area (Å²) in [5, 5.41) is 7.66. The van der Waals surface area contributed by atoms with Crippen LogP contribution < -0.4 is 21.5 Å². The van der Waals surface area contributed by atoms with E-state index in [1.807, 2.05) is 37.2 Å². The fraction of sp³-hybridized carbons (Fsp3) is 0.250. The first kappa shape index (κ1) is 24.5. The molecular formula is C24H28N6O4. The molecule has 3 N–H and O–H groups in total. The van der Waals surface area contributed by atoms with Crippen molar-refractivity contribution in [2.24, 2.45) is 7.05 Å². The summed E-state index contributed by atoms with van der Waals surface area (Å²) < 4.78 is 3.11. The Kier molecular flexibility index (Phi) is 7.64. The Balaban J connectivity index is 1.80. The third kappa shape index (κ3) is 5.41. The SMILES string of the molecule is Cc1c(NC(=O)c2ccccc2NC(=O)C(=O)NCCN(C)C)c(=O)n(-c2ccccc2)n1C. The highest BCUT2D eigenvalue weighted by molar-refractivity contribution is 6.40. The molecule has 0 aliphatic heterocycles. The molecule has 0 saturated carbocycles. The number of nitrogens with zero attached hydrogens (tertiary/aromatic N) is 3. The molecule has 0 fully saturated rings. The van der Waals surface area contributed by atoms with Gasteiger partial charge in [0.15, 0.2) is 0 Å². The second kappa shape index (κ2) is 10.6. The number of aromatic nitrogens is 2. The fourth-order valence-electron chi connectivity index (χ4n) is 3.34. The highest BCUT2D eigenvalue weighted by Gasteiger charge is 2.21. The first-order valence-electron chi connectivity index (χ1n) is 10.7. The maximum absolute atomic E-state index is 13.1. The largest absolute Gasteiger partial charge is 0.347 e. The summed E-state index contributed by atoms with van der Waals surface area (Å²) in [5.74, 6) is -2.28. The number of nitrogens with one attached hydrogen (secondary N) is 3. The van der Waals surface area contributed by atoms with E-state index in [1.54, 1.807) is 42.9 Å². The lowest BCUT2D eigenvalue weighted by molar-refractivity contribution is -0.136. The fourth-order valence-corrected chi connectivity index (χ4v) is 3.34. The third-order valence-corrected chi connectivity index (χ3v) is 5.26. The van der Waals surface area contributed by atoms with Crippen LogP contribution in [-0.2, 0) is 16.6 Å². The zero-order valence-electron chi connectivity index (χ0n) is 19.6. The van der Waals surface area contributed by atoms with E-state index in [0.29, 0.717) is 24.5 Å². The van der Waals surface area contributed by atoms with Crippen molar-refractivity contribution in [3.05, 3.63) is 76.2 Å². The van der Waals surface area contributed by atoms with Crippen molar-refractivity contribution in [1.82, 2.24) is 19.6 Å². The van der Waals surface area contributed by atoms with Crippen LogP contribution in [0.1, 0.15) is 16.1 Å². The van der Waals surface area contributed by atoms with Gasteiger partial charge >= 0.3 is 11.8 Å². The second-order valence-corrected chi connectivity index (χ2v) is 7.95. The van der Waals surface area contributed by atoms with Crippen molar-refractivity contribution in [3.63, 3.8) is 0 Å². The summed E-state index contributed by atoms with van der Waals surface area (Å²) in [6.07, 6.45) is 0. The lowest BCUT2D eigenvalue weighted by atomic mass is 10.1. The van der Waals surface area contributed by atoms with Gasteiger partial charge in [0.25, 0.3) is 11.5 Å². The molecule has 0 aliphatic carbocycles. The Bertz CT molecular complexity index is 1260. The van der Waals surface area contributed by atoms with E-state index in [2.05, 4.69) is 16.0 Å². The number of carbonyl (C=O) groups is 3. The molecule has 2 aromatic carbocycles. The maximum Gasteiger partial charge on any atom is 0.313 e. The highest BCUT2D eigenvalue weighted by Crippen LogP contribution is 2.19. The van der Waals surface area contributed by atoms with Gasteiger partial charge in [0, 0.05) is 20.1 Å². The van der Waals surface area contributed by atoms with Crippen molar-refractivity contribution < 1.29 is 14.4 Å². The van der Waals surface area contributed by atoms with Crippen molar-refractivity contribution >= 4 is 29.1 Å². The van der Waals surface area contributed by atoms with Crippen LogP contribution in [0.3, 0.4) is 0 Å². The molecule has 1 aromatic heterocycles. The minimum atomic E-state index is -0.888. The highest BCUT2D eigenvalue weighted by atomic mass is 16.2. The molecule has 0 bridgehead atoms. The van der Waals surface area contributed by atoms with E-state index in [-0.39, 0.29) is 22.5 Å². The molecule has 0 aliphatic rings. The average Bonchev–Trinajstić information content (AvgIpc) is 3.02. The number of anilines is 2. The zero-order valence-corrected chi connectivity index (χ0v) is 19.6. The Morgan fingerprint density at radius 3 is 2.24 bits per heavy atom. The van der Waals surface area contributed by atoms with Gasteiger partial charge in [-0.2, -0.15) is 0 Å². The van der Waals surface area contributed by atoms with Crippen molar-refractivity contribution in [3.8, 4) is 5.69 Å². The number of benzene rings is 2. The Hall–Kier alpha value is -4.18. The van der Waals surface area contributed by atoms with Crippen LogP contribution in [0.25, 0.3) is 5.69 Å². The Morgan fingerprint density at radius 2 is 1.56 bits per heavy atom. The summed E-state index contributed by atoms with van der Waals surface area (Å²) in [5.41, 5.74) is 1.23. The summed E-state index contributed by atoms with van der Waals surface area (Å²) in [7, 11) is 5.43. The molecule has 0 saturated heterocycles. The standard InChI is InChI=1S/C24H28N6O4/c1-16-20(24(34)30(29(16)4)17-10-6-5-7-11-17)27-21(31)18-12-8-9-13-19(18)26-23(33)22(32)25-14-15-28(2)3/h5-13H,14-15H2,1-4H3,(H,25,32)(H,26,33)(H,27,31). The molecule has 10 nitrogen and oxygen atoms in total. The third-order valence-electron chi connectivity index (χ3n) is 5.26. The smallest absolute Gasteiger partial charge is 0.313 e. The number of hydrogen-bond donors (Lipinski definition) is 3. The van der Waals surface area contributed by atoms with Gasteiger partial charge in [0.1, 0.15) is 5.69 Å². The van der Waals surface area contributed by atoms with E-state index >= 15 is 0 Å². The lowest BCUT2D eigenvalue weighted by Crippen LogP contribution is -2.39. The first-order valence-corrected chi connectivity index (χ1v) is 10.7. The summed E-state index contributed by atoms with van der Waals surface area (Å²) in [6.45, 7) is 2.61. The molecule has 10 heteroatoms. The Morgan fingerprint density at radius 1 is 0.912 bits per heavy atom. The molecule has 3 aromatic rings. The van der Waals surface area contributed by atoms with Crippen molar-refractivity contribution in [1.29, 1.82) is 0 Å². The monoisotopic (exact) mass is 464 g/mol. The maximum atomic E-state index is 13.1. The minimum absolute atomic E-state index is 0.117. The van der Waals surface area contributed by atoms with E-state index in [1.165, 1.54) is 16.8 Å². The summed E-state index contributed by atoms with van der Waals surface area (Å²) in [4.78, 5) is 52.4. The molecule has 178 valence electrons. The van der Waals surface area contributed by atoms with E-state index in [4.69, 9.17) is 0 Å². The predicted molar refractivity (Wildman–Crippen MR) is 130 cm³/mol. The van der Waals surface area contributed by atoms with Crippen LogP contribution in [0.4, 0.5) is 11.4 Å². The van der Waals surface area contributed by atoms with Crippen LogP contribution >= 0.6 is 0 Å². The average molecular weight is 465 g/mol. The summed E-state index contributed by atoms with van der Waals surface area (Å²) >= 11 is 0. The van der Waals surface area contributed by atoms with Crippen LogP contribution in [0.2, 0.25) is 0 Å². The normalized spacial score (nSPS) is 10.7. The molecule has 3 rings (SSSR count). The van der Waals surface area contributed by atoms with Crippen LogP contribution in [-0.4, -0.2) is 59.2 Å². The number of hydrogen-bond acceptors (Lipinski definition) is 5. The van der Waals surface area contributed by atoms with Crippen LogP contribution in [0.5, 0.6) is 0 Å². The number of amides is 3. The molecule has 0 atom stereocenters. The minimum Gasteiger partial charge on any atom is -0.347 e. The number of rotatable bonds is 7. The second-order valence-electron chi connectivity index (χ2n) is 7.95. The van der Waals surface area contributed by atoms with Gasteiger partial charge in [-0.3, -0.25) is 23.9 Å². The first-order chi connectivity index (χ1) is 16.2. The van der Waals surface area contributed by atoms with E-state index in [9.17, 15) is 19.2 Å². The van der Waals surface area contributed by atoms with Crippen LogP contribution in [0, 0.1) is 6.92 Å². The molecule has 0 unspecified atom stereocenters. The van der Waals surface area contributed by atoms with Gasteiger partial charge in [-0.05, 0) is 45.3 Å². The van der Waals surface area contributed by atoms with Gasteiger partial charge in [-0.1, -0.05) is 30.3 Å². The molecule has 0 spiro atoms. The van der Waals surface area contributed by atoms with Gasteiger partial charge in [0.2, 0.25) is 0 Å². The van der Waals surface area contributed by atoms with Crippen molar-refractivity contribution in [2.75, 3.05) is 37.8 Å². The molecule has 1 heterocycles. The number of likely N-dealkylation sites (N-methyl/N-ethyl adjacent to an activating group) is 1. The van der Waals surface area contributed by atoms with Crippen molar-refractivity contribution in [2.45, 2.75) is 6.92 Å². The number of carbonyl (C=O) groups excluding carboxylic acids is 3. The van der Waals surface area contributed by atoms with E-state index < -0.39 is 17.7 Å². The molecule has 0 radical (unpaired) electrons. The molecule has 3 amide bonds. The van der Waals surface area contributed by atoms with Gasteiger partial charge in [-0.25, -0.2) is 4.68 Å².